The van der Waals surface area contributed by atoms with Crippen LogP contribution in [0.1, 0.15) is 43.8 Å². The third kappa shape index (κ3) is 3.30. The molecule has 0 aromatic carbocycles. The molecule has 1 aromatic rings. The highest BCUT2D eigenvalue weighted by Crippen LogP contribution is 2.21. The molecule has 0 aliphatic rings. The van der Waals surface area contributed by atoms with E-state index in [2.05, 4.69) is 49.7 Å². The first kappa shape index (κ1) is 14.2. The number of hydrogen-bond donors (Lipinski definition) is 1. The van der Waals surface area contributed by atoms with E-state index in [1.54, 1.807) is 7.11 Å². The lowest BCUT2D eigenvalue weighted by atomic mass is 10.1. The van der Waals surface area contributed by atoms with Gasteiger partial charge in [0.25, 0.3) is 0 Å². The summed E-state index contributed by atoms with van der Waals surface area (Å²) in [5.74, 6) is 0. The van der Waals surface area contributed by atoms with Crippen molar-refractivity contribution in [1.29, 1.82) is 0 Å². The Morgan fingerprint density at radius 3 is 2.47 bits per heavy atom. The molecule has 0 saturated carbocycles. The van der Waals surface area contributed by atoms with E-state index in [4.69, 9.17) is 4.74 Å². The van der Waals surface area contributed by atoms with Crippen LogP contribution in [0.4, 0.5) is 0 Å². The van der Waals surface area contributed by atoms with E-state index in [1.165, 1.54) is 11.3 Å². The van der Waals surface area contributed by atoms with Crippen LogP contribution in [-0.4, -0.2) is 29.5 Å². The van der Waals surface area contributed by atoms with Crippen molar-refractivity contribution in [2.45, 2.75) is 53.3 Å². The van der Waals surface area contributed by atoms with Crippen LogP contribution in [0, 0.1) is 13.8 Å². The molecule has 2 atom stereocenters. The van der Waals surface area contributed by atoms with Crippen molar-refractivity contribution in [2.24, 2.45) is 0 Å². The van der Waals surface area contributed by atoms with Crippen LogP contribution in [0.2, 0.25) is 0 Å². The fourth-order valence-electron chi connectivity index (χ4n) is 2.17. The van der Waals surface area contributed by atoms with Crippen molar-refractivity contribution in [1.82, 2.24) is 15.1 Å². The molecule has 0 bridgehead atoms. The molecule has 1 heterocycles. The SMILES string of the molecule is CCn1nc(C)c(C(C)NCC(C)OC)c1C. The van der Waals surface area contributed by atoms with Crippen molar-refractivity contribution in [2.75, 3.05) is 13.7 Å². The molecule has 0 fully saturated rings. The molecule has 1 rings (SSSR count). The van der Waals surface area contributed by atoms with Gasteiger partial charge in [-0.2, -0.15) is 5.10 Å². The molecule has 4 heteroatoms. The minimum atomic E-state index is 0.235. The predicted molar refractivity (Wildman–Crippen MR) is 70.3 cm³/mol. The molecule has 2 unspecified atom stereocenters. The number of rotatable bonds is 6. The number of aryl methyl sites for hydroxylation is 2. The van der Waals surface area contributed by atoms with Crippen LogP contribution >= 0.6 is 0 Å². The average molecular weight is 239 g/mol. The second-order valence-corrected chi connectivity index (χ2v) is 4.58. The zero-order valence-electron chi connectivity index (χ0n) is 11.9. The van der Waals surface area contributed by atoms with Crippen molar-refractivity contribution >= 4 is 0 Å². The summed E-state index contributed by atoms with van der Waals surface area (Å²) in [6.45, 7) is 12.4. The number of aromatic nitrogens is 2. The summed E-state index contributed by atoms with van der Waals surface area (Å²) >= 11 is 0. The van der Waals surface area contributed by atoms with Gasteiger partial charge in [0.15, 0.2) is 0 Å². The van der Waals surface area contributed by atoms with E-state index < -0.39 is 0 Å². The molecular formula is C13H25N3O. The van der Waals surface area contributed by atoms with Gasteiger partial charge in [-0.05, 0) is 34.6 Å². The molecule has 17 heavy (non-hydrogen) atoms. The van der Waals surface area contributed by atoms with E-state index in [1.807, 2.05) is 0 Å². The highest BCUT2D eigenvalue weighted by Gasteiger charge is 2.16. The minimum absolute atomic E-state index is 0.235. The lowest BCUT2D eigenvalue weighted by molar-refractivity contribution is 0.115. The fraction of sp³-hybridized carbons (Fsp3) is 0.769. The second kappa shape index (κ2) is 6.17. The highest BCUT2D eigenvalue weighted by molar-refractivity contribution is 5.27. The Kier molecular flexibility index (Phi) is 5.15. The zero-order valence-corrected chi connectivity index (χ0v) is 11.9. The van der Waals surface area contributed by atoms with Crippen LogP contribution in [-0.2, 0) is 11.3 Å². The van der Waals surface area contributed by atoms with Gasteiger partial charge in [0.1, 0.15) is 0 Å². The summed E-state index contributed by atoms with van der Waals surface area (Å²) < 4.78 is 7.30. The Morgan fingerprint density at radius 1 is 1.35 bits per heavy atom. The van der Waals surface area contributed by atoms with Crippen LogP contribution < -0.4 is 5.32 Å². The Balaban J connectivity index is 2.74. The van der Waals surface area contributed by atoms with Gasteiger partial charge in [0.2, 0.25) is 0 Å². The summed E-state index contributed by atoms with van der Waals surface area (Å²) in [7, 11) is 1.74. The Hall–Kier alpha value is -0.870. The Morgan fingerprint density at radius 2 is 2.00 bits per heavy atom. The standard InChI is InChI=1S/C13H25N3O/c1-7-16-12(5)13(11(4)15-16)10(3)14-8-9(2)17-6/h9-10,14H,7-8H2,1-6H3. The quantitative estimate of drug-likeness (QED) is 0.827. The first-order chi connectivity index (χ1) is 8.01. The first-order valence-corrected chi connectivity index (χ1v) is 6.31. The molecule has 0 amide bonds. The van der Waals surface area contributed by atoms with E-state index in [0.717, 1.165) is 18.8 Å². The van der Waals surface area contributed by atoms with Crippen LogP contribution in [0.15, 0.2) is 0 Å². The number of methoxy groups -OCH3 is 1. The number of hydrogen-bond acceptors (Lipinski definition) is 3. The highest BCUT2D eigenvalue weighted by atomic mass is 16.5. The fourth-order valence-corrected chi connectivity index (χ4v) is 2.17. The number of nitrogens with zero attached hydrogens (tertiary/aromatic N) is 2. The average Bonchev–Trinajstić information content (AvgIpc) is 2.60. The van der Waals surface area contributed by atoms with Gasteiger partial charge < -0.3 is 10.1 Å². The van der Waals surface area contributed by atoms with Crippen molar-refractivity contribution in [3.63, 3.8) is 0 Å². The van der Waals surface area contributed by atoms with Gasteiger partial charge in [-0.3, -0.25) is 4.68 Å². The van der Waals surface area contributed by atoms with Gasteiger partial charge in [-0.15, -0.1) is 0 Å². The van der Waals surface area contributed by atoms with E-state index in [9.17, 15) is 0 Å². The molecule has 1 N–H and O–H groups in total. The summed E-state index contributed by atoms with van der Waals surface area (Å²) in [6, 6.07) is 0.313. The summed E-state index contributed by atoms with van der Waals surface area (Å²) in [5.41, 5.74) is 3.69. The smallest absolute Gasteiger partial charge is 0.0667 e. The third-order valence-corrected chi connectivity index (χ3v) is 3.28. The largest absolute Gasteiger partial charge is 0.380 e. The summed E-state index contributed by atoms with van der Waals surface area (Å²) in [4.78, 5) is 0. The molecule has 0 radical (unpaired) electrons. The van der Waals surface area contributed by atoms with Gasteiger partial charge in [-0.1, -0.05) is 0 Å². The monoisotopic (exact) mass is 239 g/mol. The van der Waals surface area contributed by atoms with Crippen molar-refractivity contribution in [3.8, 4) is 0 Å². The van der Waals surface area contributed by atoms with Crippen LogP contribution in [0.25, 0.3) is 0 Å². The molecule has 0 aliphatic carbocycles. The molecule has 4 nitrogen and oxygen atoms in total. The van der Waals surface area contributed by atoms with Crippen LogP contribution in [0.5, 0.6) is 0 Å². The Bertz CT molecular complexity index is 360. The maximum absolute atomic E-state index is 5.24. The van der Waals surface area contributed by atoms with Gasteiger partial charge >= 0.3 is 0 Å². The number of nitrogens with one attached hydrogen (secondary N) is 1. The molecule has 0 spiro atoms. The molecule has 0 aliphatic heterocycles. The van der Waals surface area contributed by atoms with Crippen molar-refractivity contribution < 1.29 is 4.74 Å². The van der Waals surface area contributed by atoms with Gasteiger partial charge in [-0.25, -0.2) is 0 Å². The summed E-state index contributed by atoms with van der Waals surface area (Å²) in [6.07, 6.45) is 0.235. The number of ether oxygens (including phenoxy) is 1. The van der Waals surface area contributed by atoms with Gasteiger partial charge in [0.05, 0.1) is 11.8 Å². The Labute approximate surface area is 104 Å². The lowest BCUT2D eigenvalue weighted by Gasteiger charge is -2.17. The normalized spacial score (nSPS) is 14.9. The third-order valence-electron chi connectivity index (χ3n) is 3.28. The maximum atomic E-state index is 5.24. The van der Waals surface area contributed by atoms with E-state index in [0.29, 0.717) is 6.04 Å². The molecular weight excluding hydrogens is 214 g/mol. The topological polar surface area (TPSA) is 39.1 Å². The zero-order chi connectivity index (χ0) is 13.0. The van der Waals surface area contributed by atoms with E-state index >= 15 is 0 Å². The predicted octanol–water partition coefficient (Wildman–Crippen LogP) is 2.21. The molecule has 0 saturated heterocycles. The van der Waals surface area contributed by atoms with Gasteiger partial charge in [0, 0.05) is 37.5 Å². The second-order valence-electron chi connectivity index (χ2n) is 4.58. The van der Waals surface area contributed by atoms with Crippen molar-refractivity contribution in [3.05, 3.63) is 17.0 Å². The summed E-state index contributed by atoms with van der Waals surface area (Å²) in [5, 5.41) is 8.03. The van der Waals surface area contributed by atoms with Crippen LogP contribution in [0.3, 0.4) is 0 Å². The lowest BCUT2D eigenvalue weighted by Crippen LogP contribution is -2.29. The molecule has 1 aromatic heterocycles. The maximum Gasteiger partial charge on any atom is 0.0667 e. The molecule has 98 valence electrons. The first-order valence-electron chi connectivity index (χ1n) is 6.31. The minimum Gasteiger partial charge on any atom is -0.380 e. The van der Waals surface area contributed by atoms with E-state index in [-0.39, 0.29) is 6.10 Å².